The van der Waals surface area contributed by atoms with Crippen LogP contribution in [0.3, 0.4) is 0 Å². The number of benzene rings is 1. The van der Waals surface area contributed by atoms with E-state index >= 15 is 0 Å². The minimum atomic E-state index is -2.20. The zero-order valence-electron chi connectivity index (χ0n) is 16.7. The smallest absolute Gasteiger partial charge is 0.309 e. The van der Waals surface area contributed by atoms with E-state index in [2.05, 4.69) is 33.9 Å². The predicted octanol–water partition coefficient (Wildman–Crippen LogP) is 4.67. The summed E-state index contributed by atoms with van der Waals surface area (Å²) in [5.74, 6) is 0.628. The van der Waals surface area contributed by atoms with E-state index in [4.69, 9.17) is 13.9 Å². The topological polar surface area (TPSA) is 87.9 Å². The maximum atomic E-state index is 11.9. The fraction of sp³-hybridized carbons (Fsp3) is 0.526. The number of non-ortho nitro benzene ring substituents is 1. The molecule has 1 aromatic carbocycles. The van der Waals surface area contributed by atoms with Crippen LogP contribution in [0.25, 0.3) is 5.76 Å². The van der Waals surface area contributed by atoms with E-state index in [1.165, 1.54) is 12.1 Å². The lowest BCUT2D eigenvalue weighted by Gasteiger charge is -2.38. The van der Waals surface area contributed by atoms with Crippen molar-refractivity contribution in [1.29, 1.82) is 0 Å². The van der Waals surface area contributed by atoms with Crippen LogP contribution in [0.4, 0.5) is 5.69 Å². The monoisotopic (exact) mass is 393 g/mol. The third kappa shape index (κ3) is 4.88. The molecule has 1 unspecified atom stereocenters. The zero-order chi connectivity index (χ0) is 20.4. The summed E-state index contributed by atoms with van der Waals surface area (Å²) in [5, 5.41) is 11.1. The van der Waals surface area contributed by atoms with Gasteiger partial charge in [0.25, 0.3) is 5.69 Å². The number of rotatable bonds is 6. The van der Waals surface area contributed by atoms with Gasteiger partial charge in [0.2, 0.25) is 8.32 Å². The van der Waals surface area contributed by atoms with Crippen molar-refractivity contribution in [2.24, 2.45) is 0 Å². The molecule has 0 bridgehead atoms. The summed E-state index contributed by atoms with van der Waals surface area (Å²) < 4.78 is 17.3. The Labute approximate surface area is 160 Å². The molecule has 8 heteroatoms. The van der Waals surface area contributed by atoms with Crippen molar-refractivity contribution in [3.8, 4) is 5.75 Å². The third-order valence-electron chi connectivity index (χ3n) is 4.90. The number of nitro groups is 1. The van der Waals surface area contributed by atoms with Gasteiger partial charge in [-0.3, -0.25) is 14.9 Å². The lowest BCUT2D eigenvalue weighted by atomic mass is 10.1. The Morgan fingerprint density at radius 3 is 2.56 bits per heavy atom. The maximum absolute atomic E-state index is 11.9. The molecule has 0 fully saturated rings. The first-order chi connectivity index (χ1) is 12.4. The number of fused-ring (bicyclic) bond motifs is 1. The van der Waals surface area contributed by atoms with Crippen molar-refractivity contribution in [2.75, 3.05) is 6.61 Å². The van der Waals surface area contributed by atoms with Crippen molar-refractivity contribution < 1.29 is 23.6 Å². The van der Waals surface area contributed by atoms with E-state index < -0.39 is 19.3 Å². The number of ether oxygens (including phenoxy) is 2. The molecule has 0 N–H and O–H groups in total. The van der Waals surface area contributed by atoms with E-state index in [-0.39, 0.29) is 23.1 Å². The summed E-state index contributed by atoms with van der Waals surface area (Å²) in [5.41, 5.74) is 0.500. The number of nitro benzene ring substituents is 1. The summed E-state index contributed by atoms with van der Waals surface area (Å²) in [6.07, 6.45) is 1.23. The summed E-state index contributed by atoms with van der Waals surface area (Å²) in [6.45, 7) is 12.6. The number of hydrogen-bond acceptors (Lipinski definition) is 6. The molecule has 27 heavy (non-hydrogen) atoms. The first kappa shape index (κ1) is 21.0. The van der Waals surface area contributed by atoms with Crippen molar-refractivity contribution in [3.05, 3.63) is 40.0 Å². The van der Waals surface area contributed by atoms with Gasteiger partial charge in [-0.15, -0.1) is 0 Å². The third-order valence-corrected chi connectivity index (χ3v) is 9.24. The average molecular weight is 394 g/mol. The zero-order valence-corrected chi connectivity index (χ0v) is 17.7. The van der Waals surface area contributed by atoms with E-state index in [0.717, 1.165) is 0 Å². The molecule has 0 saturated heterocycles. The fourth-order valence-corrected chi connectivity index (χ4v) is 3.42. The highest BCUT2D eigenvalue weighted by molar-refractivity contribution is 6.74. The molecule has 1 aliphatic rings. The van der Waals surface area contributed by atoms with Crippen LogP contribution < -0.4 is 4.74 Å². The number of hydrogen-bond donors (Lipinski definition) is 0. The molecule has 0 radical (unpaired) electrons. The molecule has 7 nitrogen and oxygen atoms in total. The highest BCUT2D eigenvalue weighted by Crippen LogP contribution is 2.43. The number of esters is 1. The molecule has 0 aliphatic carbocycles. The Morgan fingerprint density at radius 2 is 2.00 bits per heavy atom. The highest BCUT2D eigenvalue weighted by Gasteiger charge is 2.41. The normalized spacial score (nSPS) is 16.7. The Kier molecular flexibility index (Phi) is 5.99. The molecular formula is C19H27NO6Si. The van der Waals surface area contributed by atoms with Gasteiger partial charge in [-0.1, -0.05) is 20.8 Å². The van der Waals surface area contributed by atoms with Crippen LogP contribution in [0.15, 0.2) is 24.3 Å². The molecule has 0 saturated carbocycles. The van der Waals surface area contributed by atoms with Crippen LogP contribution in [0.2, 0.25) is 18.1 Å². The van der Waals surface area contributed by atoms with Gasteiger partial charge >= 0.3 is 5.97 Å². The van der Waals surface area contributed by atoms with Gasteiger partial charge in [0.05, 0.1) is 23.5 Å². The first-order valence-electron chi connectivity index (χ1n) is 8.96. The summed E-state index contributed by atoms with van der Waals surface area (Å²) >= 11 is 0. The fourth-order valence-electron chi connectivity index (χ4n) is 2.38. The van der Waals surface area contributed by atoms with Crippen LogP contribution >= 0.6 is 0 Å². The van der Waals surface area contributed by atoms with Gasteiger partial charge in [-0.2, -0.15) is 0 Å². The molecule has 1 aliphatic heterocycles. The maximum Gasteiger partial charge on any atom is 0.309 e. The molecule has 0 spiro atoms. The summed E-state index contributed by atoms with van der Waals surface area (Å²) in [7, 11) is -2.20. The van der Waals surface area contributed by atoms with E-state index in [1.54, 1.807) is 19.1 Å². The number of carbonyl (C=O) groups excluding carboxylic acids is 1. The predicted molar refractivity (Wildman–Crippen MR) is 105 cm³/mol. The molecule has 2 rings (SSSR count). The molecule has 1 aromatic rings. The van der Waals surface area contributed by atoms with E-state index in [1.807, 2.05) is 0 Å². The van der Waals surface area contributed by atoms with Crippen LogP contribution in [-0.4, -0.2) is 31.9 Å². The first-order valence-corrected chi connectivity index (χ1v) is 11.9. The molecule has 0 amide bonds. The van der Waals surface area contributed by atoms with Crippen molar-refractivity contribution >= 4 is 25.7 Å². The number of nitrogens with zero attached hydrogens (tertiary/aromatic N) is 1. The second kappa shape index (κ2) is 7.72. The Balaban J connectivity index is 2.43. The van der Waals surface area contributed by atoms with Crippen molar-refractivity contribution in [1.82, 2.24) is 0 Å². The second-order valence-corrected chi connectivity index (χ2v) is 12.7. The van der Waals surface area contributed by atoms with Gasteiger partial charge in [0.15, 0.2) is 0 Å². The molecule has 148 valence electrons. The van der Waals surface area contributed by atoms with Crippen molar-refractivity contribution in [3.63, 3.8) is 0 Å². The SMILES string of the molecule is CCOC(=O)CC1C=C(O[Si](C)(C)C(C)(C)C)c2cc([N+](=O)[O-])ccc2O1. The average Bonchev–Trinajstić information content (AvgIpc) is 2.53. The minimum absolute atomic E-state index is 0.0362. The molecular weight excluding hydrogens is 366 g/mol. The van der Waals surface area contributed by atoms with Crippen LogP contribution in [0.1, 0.15) is 39.7 Å². The highest BCUT2D eigenvalue weighted by atomic mass is 28.4. The Morgan fingerprint density at radius 1 is 1.33 bits per heavy atom. The van der Waals surface area contributed by atoms with Gasteiger partial charge < -0.3 is 13.9 Å². The summed E-state index contributed by atoms with van der Waals surface area (Å²) in [4.78, 5) is 22.6. The molecule has 0 aromatic heterocycles. The number of carbonyl (C=O) groups is 1. The van der Waals surface area contributed by atoms with Gasteiger partial charge in [-0.25, -0.2) is 0 Å². The van der Waals surface area contributed by atoms with Crippen LogP contribution in [-0.2, 0) is 14.0 Å². The van der Waals surface area contributed by atoms with Gasteiger partial charge in [0.1, 0.15) is 17.6 Å². The Hall–Kier alpha value is -2.35. The van der Waals surface area contributed by atoms with Gasteiger partial charge in [0, 0.05) is 12.1 Å². The van der Waals surface area contributed by atoms with Crippen molar-refractivity contribution in [2.45, 2.75) is 58.4 Å². The second-order valence-electron chi connectivity index (χ2n) is 8.00. The van der Waals surface area contributed by atoms with Crippen LogP contribution in [0, 0.1) is 10.1 Å². The standard InChI is InChI=1S/C19H27NO6Si/c1-7-24-18(21)12-14-11-17(26-27(5,6)19(2,3)4)15-10-13(20(22)23)8-9-16(15)25-14/h8-11,14H,7,12H2,1-6H3. The lowest BCUT2D eigenvalue weighted by molar-refractivity contribution is -0.384. The van der Waals surface area contributed by atoms with Crippen LogP contribution in [0.5, 0.6) is 5.75 Å². The quantitative estimate of drug-likeness (QED) is 0.302. The molecule has 1 atom stereocenters. The summed E-state index contributed by atoms with van der Waals surface area (Å²) in [6, 6.07) is 4.39. The van der Waals surface area contributed by atoms with E-state index in [9.17, 15) is 14.9 Å². The minimum Gasteiger partial charge on any atom is -0.543 e. The largest absolute Gasteiger partial charge is 0.543 e. The lowest BCUT2D eigenvalue weighted by Crippen LogP contribution is -2.40. The molecule has 1 heterocycles. The Bertz CT molecular complexity index is 766. The van der Waals surface area contributed by atoms with E-state index in [0.29, 0.717) is 23.7 Å². The van der Waals surface area contributed by atoms with Gasteiger partial charge in [-0.05, 0) is 37.2 Å².